The molecule has 0 aromatic heterocycles. The van der Waals surface area contributed by atoms with Crippen LogP contribution in [0, 0.1) is 5.92 Å². The molecule has 2 aliphatic heterocycles. The Balaban J connectivity index is 1.93. The summed E-state index contributed by atoms with van der Waals surface area (Å²) in [7, 11) is 3.32. The third kappa shape index (κ3) is 3.61. The van der Waals surface area contributed by atoms with Crippen molar-refractivity contribution in [2.45, 2.75) is 58.2 Å². The largest absolute Gasteiger partial charge is 0.486 e. The maximum atomic E-state index is 6.13. The Bertz CT molecular complexity index is 756. The number of halogens is 1. The van der Waals surface area contributed by atoms with E-state index in [0.717, 1.165) is 16.6 Å². The first kappa shape index (κ1) is 19.2. The monoisotopic (exact) mass is 422 g/mol. The summed E-state index contributed by atoms with van der Waals surface area (Å²) in [6, 6.07) is 3.90. The van der Waals surface area contributed by atoms with Crippen molar-refractivity contribution < 1.29 is 14.2 Å². The van der Waals surface area contributed by atoms with Crippen LogP contribution < -0.4 is 4.74 Å². The van der Waals surface area contributed by atoms with Gasteiger partial charge in [-0.1, -0.05) is 19.9 Å². The van der Waals surface area contributed by atoms with E-state index in [0.29, 0.717) is 24.1 Å². The van der Waals surface area contributed by atoms with Crippen LogP contribution in [-0.2, 0) is 22.3 Å². The Morgan fingerprint density at radius 3 is 2.50 bits per heavy atom. The Hall–Kier alpha value is -1.56. The van der Waals surface area contributed by atoms with Crippen LogP contribution >= 0.6 is 15.9 Å². The number of fused-ring (bicyclic) bond motifs is 1. The summed E-state index contributed by atoms with van der Waals surface area (Å²) in [5, 5.41) is 0. The van der Waals surface area contributed by atoms with Gasteiger partial charge in [0.05, 0.1) is 18.7 Å². The quantitative estimate of drug-likeness (QED) is 0.732. The van der Waals surface area contributed by atoms with E-state index in [-0.39, 0.29) is 17.7 Å². The van der Waals surface area contributed by atoms with Crippen LogP contribution in [0.15, 0.2) is 26.6 Å². The van der Waals surface area contributed by atoms with Crippen LogP contribution in [-0.4, -0.2) is 43.7 Å². The van der Waals surface area contributed by atoms with Gasteiger partial charge >= 0.3 is 0 Å². The van der Waals surface area contributed by atoms with Crippen LogP contribution in [0.2, 0.25) is 0 Å². The number of benzene rings is 1. The number of methoxy groups -OCH3 is 2. The molecular weight excluding hydrogens is 396 g/mol. The molecule has 6 heteroatoms. The van der Waals surface area contributed by atoms with E-state index in [1.807, 2.05) is 6.07 Å². The summed E-state index contributed by atoms with van der Waals surface area (Å²) in [6.07, 6.45) is 1.58. The minimum atomic E-state index is -0.199. The molecule has 2 atom stereocenters. The lowest BCUT2D eigenvalue weighted by Crippen LogP contribution is -2.38. The van der Waals surface area contributed by atoms with Crippen molar-refractivity contribution in [3.05, 3.63) is 27.7 Å². The fourth-order valence-electron chi connectivity index (χ4n) is 3.57. The van der Waals surface area contributed by atoms with Crippen molar-refractivity contribution in [1.29, 1.82) is 0 Å². The van der Waals surface area contributed by atoms with E-state index in [4.69, 9.17) is 24.2 Å². The van der Waals surface area contributed by atoms with Gasteiger partial charge in [-0.25, -0.2) is 9.98 Å². The Kier molecular flexibility index (Phi) is 5.33. The van der Waals surface area contributed by atoms with Gasteiger partial charge in [0.2, 0.25) is 11.8 Å². The molecular formula is C20H27BrN2O3. The molecule has 2 aliphatic rings. The van der Waals surface area contributed by atoms with Crippen LogP contribution in [0.4, 0.5) is 0 Å². The van der Waals surface area contributed by atoms with Gasteiger partial charge < -0.3 is 14.2 Å². The van der Waals surface area contributed by atoms with E-state index in [9.17, 15) is 0 Å². The Labute approximate surface area is 164 Å². The van der Waals surface area contributed by atoms with Crippen molar-refractivity contribution in [3.8, 4) is 5.75 Å². The van der Waals surface area contributed by atoms with Gasteiger partial charge in [0.25, 0.3) is 0 Å². The fraction of sp³-hybridized carbons (Fsp3) is 0.600. The van der Waals surface area contributed by atoms with E-state index in [1.165, 1.54) is 11.1 Å². The van der Waals surface area contributed by atoms with Crippen LogP contribution in [0.3, 0.4) is 0 Å². The number of hydrogen-bond acceptors (Lipinski definition) is 5. The molecule has 0 fully saturated rings. The maximum absolute atomic E-state index is 6.13. The molecule has 0 N–H and O–H groups in total. The van der Waals surface area contributed by atoms with Crippen molar-refractivity contribution >= 4 is 27.7 Å². The number of rotatable bonds is 3. The summed E-state index contributed by atoms with van der Waals surface area (Å²) in [6.45, 7) is 8.44. The fourth-order valence-corrected chi connectivity index (χ4v) is 4.03. The molecule has 2 heterocycles. The van der Waals surface area contributed by atoms with E-state index in [1.54, 1.807) is 14.2 Å². The smallest absolute Gasteiger partial charge is 0.209 e. The molecule has 1 aromatic carbocycles. The highest BCUT2D eigenvalue weighted by Gasteiger charge is 2.36. The highest BCUT2D eigenvalue weighted by Crippen LogP contribution is 2.42. The van der Waals surface area contributed by atoms with Crippen molar-refractivity contribution in [1.82, 2.24) is 0 Å². The van der Waals surface area contributed by atoms with Gasteiger partial charge in [-0.2, -0.15) is 0 Å². The number of nitrogens with zero attached hydrogens (tertiary/aromatic N) is 2. The molecule has 26 heavy (non-hydrogen) atoms. The minimum absolute atomic E-state index is 0.0934. The summed E-state index contributed by atoms with van der Waals surface area (Å²) in [5.41, 5.74) is 2.25. The normalized spacial score (nSPS) is 23.8. The van der Waals surface area contributed by atoms with Crippen LogP contribution in [0.5, 0.6) is 5.75 Å². The SMILES string of the molecule is COC1=N[C@H](C(C)C)C(OC)=N[C@H]1Cc1ccc(Br)c2c1CC(C)(C)O2. The molecule has 0 saturated heterocycles. The molecule has 0 radical (unpaired) electrons. The van der Waals surface area contributed by atoms with Gasteiger partial charge in [0.15, 0.2) is 0 Å². The van der Waals surface area contributed by atoms with Gasteiger partial charge in [0.1, 0.15) is 23.4 Å². The van der Waals surface area contributed by atoms with Gasteiger partial charge in [-0.15, -0.1) is 0 Å². The second kappa shape index (κ2) is 7.22. The standard InChI is InChI=1S/C20H27BrN2O3/c1-11(2)16-19(25-6)22-15(18(23-16)24-5)9-12-7-8-14(21)17-13(12)10-20(3,4)26-17/h7-8,11,15-16H,9-10H2,1-6H3/t15-,16+/m0/s1. The lowest BCUT2D eigenvalue weighted by molar-refractivity contribution is 0.137. The Morgan fingerprint density at radius 1 is 1.19 bits per heavy atom. The molecule has 142 valence electrons. The van der Waals surface area contributed by atoms with E-state index in [2.05, 4.69) is 49.7 Å². The molecule has 5 nitrogen and oxygen atoms in total. The predicted molar refractivity (Wildman–Crippen MR) is 108 cm³/mol. The van der Waals surface area contributed by atoms with E-state index >= 15 is 0 Å². The molecule has 0 saturated carbocycles. The first-order chi connectivity index (χ1) is 12.3. The highest BCUT2D eigenvalue weighted by atomic mass is 79.9. The van der Waals surface area contributed by atoms with Crippen LogP contribution in [0.1, 0.15) is 38.8 Å². The lowest BCUT2D eigenvalue weighted by Gasteiger charge is -2.27. The molecule has 0 bridgehead atoms. The second-order valence-electron chi connectivity index (χ2n) is 7.80. The van der Waals surface area contributed by atoms with Crippen molar-refractivity contribution in [2.75, 3.05) is 14.2 Å². The lowest BCUT2D eigenvalue weighted by atomic mass is 9.93. The highest BCUT2D eigenvalue weighted by molar-refractivity contribution is 9.10. The summed E-state index contributed by atoms with van der Waals surface area (Å²) in [5.74, 6) is 2.58. The van der Waals surface area contributed by atoms with Crippen molar-refractivity contribution in [2.24, 2.45) is 15.9 Å². The maximum Gasteiger partial charge on any atom is 0.209 e. The van der Waals surface area contributed by atoms with Crippen LogP contribution in [0.25, 0.3) is 0 Å². The summed E-state index contributed by atoms with van der Waals surface area (Å²) >= 11 is 3.61. The number of aliphatic imine (C=N–C) groups is 2. The first-order valence-corrected chi connectivity index (χ1v) is 9.77. The number of hydrogen-bond donors (Lipinski definition) is 0. The molecule has 1 aromatic rings. The average molecular weight is 423 g/mol. The molecule has 0 aliphatic carbocycles. The zero-order valence-electron chi connectivity index (χ0n) is 16.3. The third-order valence-electron chi connectivity index (χ3n) is 4.84. The summed E-state index contributed by atoms with van der Waals surface area (Å²) < 4.78 is 18.2. The molecule has 0 amide bonds. The third-order valence-corrected chi connectivity index (χ3v) is 5.47. The molecule has 0 spiro atoms. The first-order valence-electron chi connectivity index (χ1n) is 8.98. The minimum Gasteiger partial charge on any atom is -0.486 e. The molecule has 0 unspecified atom stereocenters. The van der Waals surface area contributed by atoms with Gasteiger partial charge in [0, 0.05) is 18.4 Å². The Morgan fingerprint density at radius 2 is 1.88 bits per heavy atom. The van der Waals surface area contributed by atoms with Gasteiger partial charge in [-0.05, 0) is 47.3 Å². The summed E-state index contributed by atoms with van der Waals surface area (Å²) in [4.78, 5) is 9.59. The average Bonchev–Trinajstić information content (AvgIpc) is 2.93. The zero-order chi connectivity index (χ0) is 19.1. The predicted octanol–water partition coefficient (Wildman–Crippen LogP) is 4.20. The second-order valence-corrected chi connectivity index (χ2v) is 8.66. The molecule has 3 rings (SSSR count). The van der Waals surface area contributed by atoms with E-state index < -0.39 is 0 Å². The number of ether oxygens (including phenoxy) is 3. The van der Waals surface area contributed by atoms with Gasteiger partial charge in [-0.3, -0.25) is 0 Å². The van der Waals surface area contributed by atoms with Crippen molar-refractivity contribution in [3.63, 3.8) is 0 Å². The topological polar surface area (TPSA) is 52.4 Å². The zero-order valence-corrected chi connectivity index (χ0v) is 17.9.